The Bertz CT molecular complexity index is 1140. The minimum absolute atomic E-state index is 0.0965. The molecule has 0 aliphatic rings. The lowest BCUT2D eigenvalue weighted by Gasteiger charge is -2.23. The summed E-state index contributed by atoms with van der Waals surface area (Å²) in [7, 11) is 1.80. The normalized spacial score (nSPS) is 12.4. The molecule has 176 valence electrons. The first-order valence-corrected chi connectivity index (χ1v) is 12.8. The van der Waals surface area contributed by atoms with Crippen molar-refractivity contribution in [3.63, 3.8) is 0 Å². The fraction of sp³-hybridized carbons (Fsp3) is 0.292. The molecule has 0 fully saturated rings. The number of nitrogens with one attached hydrogen (secondary N) is 1. The van der Waals surface area contributed by atoms with Gasteiger partial charge in [0.15, 0.2) is 6.61 Å². The Balaban J connectivity index is 1.55. The highest BCUT2D eigenvalue weighted by atomic mass is 32.2. The summed E-state index contributed by atoms with van der Waals surface area (Å²) in [5.74, 6) is 0.263. The van der Waals surface area contributed by atoms with E-state index in [9.17, 15) is 13.2 Å². The molecule has 9 heteroatoms. The quantitative estimate of drug-likeness (QED) is 0.472. The zero-order valence-corrected chi connectivity index (χ0v) is 20.8. The first kappa shape index (κ1) is 24.8. The molecule has 0 aliphatic heterocycles. The Labute approximate surface area is 199 Å². The van der Waals surface area contributed by atoms with Crippen molar-refractivity contribution < 1.29 is 17.9 Å². The van der Waals surface area contributed by atoms with E-state index in [1.54, 1.807) is 59.9 Å². The molecule has 3 aromatic rings. The van der Waals surface area contributed by atoms with Crippen LogP contribution in [0.1, 0.15) is 16.5 Å². The second-order valence-corrected chi connectivity index (χ2v) is 10.8. The summed E-state index contributed by atoms with van der Waals surface area (Å²) in [5.41, 5.74) is 1.49. The third-order valence-electron chi connectivity index (χ3n) is 5.24. The van der Waals surface area contributed by atoms with Crippen LogP contribution in [0.15, 0.2) is 70.9 Å². The molecule has 0 saturated heterocycles. The van der Waals surface area contributed by atoms with Crippen LogP contribution in [0.2, 0.25) is 0 Å². The molecule has 1 aromatic heterocycles. The highest BCUT2D eigenvalue weighted by Crippen LogP contribution is 2.25. The monoisotopic (exact) mass is 487 g/mol. The Morgan fingerprint density at radius 1 is 1.03 bits per heavy atom. The smallest absolute Gasteiger partial charge is 0.264 e. The highest BCUT2D eigenvalue weighted by molar-refractivity contribution is 7.92. The van der Waals surface area contributed by atoms with Crippen molar-refractivity contribution in [1.82, 2.24) is 10.2 Å². The number of carbonyl (C=O) groups is 1. The lowest BCUT2D eigenvalue weighted by molar-refractivity contribution is -0.123. The average molecular weight is 488 g/mol. The lowest BCUT2D eigenvalue weighted by Crippen LogP contribution is -2.36. The van der Waals surface area contributed by atoms with Crippen LogP contribution < -0.4 is 14.4 Å². The van der Waals surface area contributed by atoms with Gasteiger partial charge in [0.25, 0.3) is 15.9 Å². The number of hydrogen-bond donors (Lipinski definition) is 1. The van der Waals surface area contributed by atoms with Gasteiger partial charge in [-0.3, -0.25) is 9.10 Å². The molecule has 0 aliphatic carbocycles. The number of amides is 1. The topological polar surface area (TPSA) is 78.9 Å². The van der Waals surface area contributed by atoms with E-state index in [1.165, 1.54) is 16.2 Å². The first-order valence-electron chi connectivity index (χ1n) is 10.4. The Kier molecular flexibility index (Phi) is 8.12. The largest absolute Gasteiger partial charge is 0.484 e. The lowest BCUT2D eigenvalue weighted by atomic mass is 10.2. The zero-order chi connectivity index (χ0) is 24.0. The van der Waals surface area contributed by atoms with Gasteiger partial charge in [-0.2, -0.15) is 0 Å². The van der Waals surface area contributed by atoms with Crippen molar-refractivity contribution in [2.75, 3.05) is 38.6 Å². The van der Waals surface area contributed by atoms with Gasteiger partial charge in [0.2, 0.25) is 0 Å². The van der Waals surface area contributed by atoms with E-state index in [1.807, 2.05) is 32.5 Å². The molecule has 1 amide bonds. The SMILES string of the molecule is Cc1ccc(S(=O)(=O)N(C)c2ccc(OCC(=O)NC[C@H](c3cccs3)N(C)C)cc2)cc1. The number of carbonyl (C=O) groups excluding carboxylic acids is 1. The molecule has 0 spiro atoms. The fourth-order valence-electron chi connectivity index (χ4n) is 3.19. The van der Waals surface area contributed by atoms with Crippen LogP contribution in [0.25, 0.3) is 0 Å². The highest BCUT2D eigenvalue weighted by Gasteiger charge is 2.21. The number of likely N-dealkylation sites (N-methyl/N-ethyl adjacent to an activating group) is 1. The standard InChI is InChI=1S/C24H29N3O4S2/c1-18-7-13-21(14-8-18)33(29,30)27(4)19-9-11-20(12-10-19)31-17-24(28)25-16-22(26(2)3)23-6-5-15-32-23/h5-15,22H,16-17H2,1-4H3,(H,25,28)/t22-/m1/s1. The fourth-order valence-corrected chi connectivity index (χ4v) is 5.31. The Morgan fingerprint density at radius 2 is 1.70 bits per heavy atom. The van der Waals surface area contributed by atoms with Gasteiger partial charge in [-0.15, -0.1) is 11.3 Å². The molecule has 0 saturated carbocycles. The molecule has 0 unspecified atom stereocenters. The number of anilines is 1. The third-order valence-corrected chi connectivity index (χ3v) is 8.01. The summed E-state index contributed by atoms with van der Waals surface area (Å²) in [6, 6.07) is 17.5. The van der Waals surface area contributed by atoms with E-state index in [-0.39, 0.29) is 23.5 Å². The van der Waals surface area contributed by atoms with Crippen LogP contribution >= 0.6 is 11.3 Å². The molecular weight excluding hydrogens is 458 g/mol. The summed E-state index contributed by atoms with van der Waals surface area (Å²) in [5, 5.41) is 4.93. The van der Waals surface area contributed by atoms with E-state index >= 15 is 0 Å². The predicted octanol–water partition coefficient (Wildman–Crippen LogP) is 3.68. The molecule has 2 aromatic carbocycles. The first-order chi connectivity index (χ1) is 15.7. The molecule has 3 rings (SSSR count). The van der Waals surface area contributed by atoms with Crippen molar-refractivity contribution in [2.45, 2.75) is 17.9 Å². The van der Waals surface area contributed by atoms with E-state index in [4.69, 9.17) is 4.74 Å². The number of rotatable bonds is 10. The van der Waals surface area contributed by atoms with Gasteiger partial charge in [-0.25, -0.2) is 8.42 Å². The van der Waals surface area contributed by atoms with Gasteiger partial charge < -0.3 is 15.0 Å². The number of benzene rings is 2. The minimum Gasteiger partial charge on any atom is -0.484 e. The van der Waals surface area contributed by atoms with Crippen LogP contribution in [0.4, 0.5) is 5.69 Å². The van der Waals surface area contributed by atoms with E-state index in [0.717, 1.165) is 5.56 Å². The van der Waals surface area contributed by atoms with Gasteiger partial charge in [0.1, 0.15) is 5.75 Å². The number of thiophene rings is 1. The van der Waals surface area contributed by atoms with Crippen molar-refractivity contribution in [1.29, 1.82) is 0 Å². The van der Waals surface area contributed by atoms with Crippen molar-refractivity contribution in [3.8, 4) is 5.75 Å². The van der Waals surface area contributed by atoms with Crippen molar-refractivity contribution in [3.05, 3.63) is 76.5 Å². The number of nitrogens with zero attached hydrogens (tertiary/aromatic N) is 2. The molecule has 0 bridgehead atoms. The van der Waals surface area contributed by atoms with Gasteiger partial charge >= 0.3 is 0 Å². The zero-order valence-electron chi connectivity index (χ0n) is 19.2. The minimum atomic E-state index is -3.66. The number of sulfonamides is 1. The maximum absolute atomic E-state index is 12.8. The molecule has 33 heavy (non-hydrogen) atoms. The Morgan fingerprint density at radius 3 is 2.27 bits per heavy atom. The third kappa shape index (κ3) is 6.34. The summed E-state index contributed by atoms with van der Waals surface area (Å²) < 4.78 is 32.5. The molecule has 1 N–H and O–H groups in total. The number of hydrogen-bond acceptors (Lipinski definition) is 6. The van der Waals surface area contributed by atoms with E-state index < -0.39 is 10.0 Å². The van der Waals surface area contributed by atoms with Crippen LogP contribution in [0.5, 0.6) is 5.75 Å². The summed E-state index contributed by atoms with van der Waals surface area (Å²) in [6.07, 6.45) is 0. The van der Waals surface area contributed by atoms with Gasteiger partial charge in [0, 0.05) is 18.5 Å². The number of ether oxygens (including phenoxy) is 1. The molecule has 7 nitrogen and oxygen atoms in total. The summed E-state index contributed by atoms with van der Waals surface area (Å²) in [4.78, 5) is 15.7. The van der Waals surface area contributed by atoms with Crippen LogP contribution in [-0.4, -0.2) is 53.5 Å². The maximum atomic E-state index is 12.8. The molecule has 1 atom stereocenters. The molecule has 0 radical (unpaired) electrons. The van der Waals surface area contributed by atoms with Gasteiger partial charge in [0.05, 0.1) is 16.6 Å². The Hall–Kier alpha value is -2.88. The van der Waals surface area contributed by atoms with E-state index in [0.29, 0.717) is 18.0 Å². The van der Waals surface area contributed by atoms with E-state index in [2.05, 4.69) is 16.3 Å². The number of aryl methyl sites for hydroxylation is 1. The summed E-state index contributed by atoms with van der Waals surface area (Å²) >= 11 is 1.65. The molecular formula is C24H29N3O4S2. The maximum Gasteiger partial charge on any atom is 0.264 e. The van der Waals surface area contributed by atoms with Crippen LogP contribution in [0, 0.1) is 6.92 Å². The molecule has 1 heterocycles. The second-order valence-electron chi connectivity index (χ2n) is 7.87. The second kappa shape index (κ2) is 10.8. The van der Waals surface area contributed by atoms with Gasteiger partial charge in [-0.05, 0) is 68.9 Å². The van der Waals surface area contributed by atoms with Crippen LogP contribution in [0.3, 0.4) is 0 Å². The van der Waals surface area contributed by atoms with Crippen LogP contribution in [-0.2, 0) is 14.8 Å². The van der Waals surface area contributed by atoms with Gasteiger partial charge in [-0.1, -0.05) is 23.8 Å². The summed E-state index contributed by atoms with van der Waals surface area (Å²) in [6.45, 7) is 2.27. The average Bonchev–Trinajstić information content (AvgIpc) is 3.32. The van der Waals surface area contributed by atoms with Crippen molar-refractivity contribution >= 4 is 33.0 Å². The van der Waals surface area contributed by atoms with Crippen molar-refractivity contribution in [2.24, 2.45) is 0 Å². The predicted molar refractivity (Wildman–Crippen MR) is 132 cm³/mol.